The molecule has 20 heavy (non-hydrogen) atoms. The van der Waals surface area contributed by atoms with Crippen molar-refractivity contribution in [2.24, 2.45) is 17.3 Å². The smallest absolute Gasteiger partial charge is 0.123 e. The molecular weight excluding hydrogens is 273 g/mol. The minimum atomic E-state index is -0.216. The molecule has 0 saturated carbocycles. The van der Waals surface area contributed by atoms with Crippen LogP contribution in [0, 0.1) is 23.1 Å². The zero-order chi connectivity index (χ0) is 15.3. The number of nitrogens with one attached hydrogen (secondary N) is 1. The van der Waals surface area contributed by atoms with E-state index in [9.17, 15) is 4.39 Å². The van der Waals surface area contributed by atoms with E-state index in [1.165, 1.54) is 6.07 Å². The second-order valence-electron chi connectivity index (χ2n) is 7.05. The number of hydrogen-bond donors (Lipinski definition) is 1. The van der Waals surface area contributed by atoms with Crippen LogP contribution in [-0.4, -0.2) is 13.1 Å². The number of benzene rings is 1. The second-order valence-corrected chi connectivity index (χ2v) is 7.46. The zero-order valence-corrected chi connectivity index (χ0v) is 14.0. The van der Waals surface area contributed by atoms with Crippen LogP contribution in [0.1, 0.15) is 40.2 Å². The fourth-order valence-corrected chi connectivity index (χ4v) is 2.39. The summed E-state index contributed by atoms with van der Waals surface area (Å²) >= 11 is 6.19. The fraction of sp³-hybridized carbons (Fsp3) is 0.647. The van der Waals surface area contributed by atoms with Crippen molar-refractivity contribution in [1.29, 1.82) is 0 Å². The molecule has 1 aromatic rings. The van der Waals surface area contributed by atoms with Crippen LogP contribution in [-0.2, 0) is 6.42 Å². The van der Waals surface area contributed by atoms with Gasteiger partial charge in [-0.1, -0.05) is 46.2 Å². The molecule has 0 aliphatic carbocycles. The van der Waals surface area contributed by atoms with Gasteiger partial charge in [0.05, 0.1) is 0 Å². The SMILES string of the molecule is CC(C)CNCC(Cc1cc(F)ccc1Cl)C(C)(C)C. The Labute approximate surface area is 127 Å². The quantitative estimate of drug-likeness (QED) is 0.785. The van der Waals surface area contributed by atoms with Crippen molar-refractivity contribution in [3.05, 3.63) is 34.6 Å². The molecule has 0 radical (unpaired) electrons. The summed E-state index contributed by atoms with van der Waals surface area (Å²) in [5.74, 6) is 0.834. The third kappa shape index (κ3) is 5.80. The van der Waals surface area contributed by atoms with Crippen LogP contribution in [0.3, 0.4) is 0 Å². The van der Waals surface area contributed by atoms with Gasteiger partial charge in [-0.3, -0.25) is 0 Å². The van der Waals surface area contributed by atoms with Crippen LogP contribution in [0.5, 0.6) is 0 Å². The highest BCUT2D eigenvalue weighted by Crippen LogP contribution is 2.31. The zero-order valence-electron chi connectivity index (χ0n) is 13.3. The van der Waals surface area contributed by atoms with Gasteiger partial charge in [0.1, 0.15) is 5.82 Å². The van der Waals surface area contributed by atoms with Gasteiger partial charge in [0, 0.05) is 5.02 Å². The molecule has 1 nitrogen and oxygen atoms in total. The predicted molar refractivity (Wildman–Crippen MR) is 85.8 cm³/mol. The average molecular weight is 300 g/mol. The average Bonchev–Trinajstić information content (AvgIpc) is 2.30. The van der Waals surface area contributed by atoms with Crippen LogP contribution in [0.25, 0.3) is 0 Å². The first-order chi connectivity index (χ1) is 9.20. The summed E-state index contributed by atoms with van der Waals surface area (Å²) in [7, 11) is 0. The minimum absolute atomic E-state index is 0.152. The maximum Gasteiger partial charge on any atom is 0.123 e. The Morgan fingerprint density at radius 1 is 1.20 bits per heavy atom. The van der Waals surface area contributed by atoms with Crippen LogP contribution in [0.4, 0.5) is 4.39 Å². The summed E-state index contributed by atoms with van der Waals surface area (Å²) in [6, 6.07) is 4.62. The van der Waals surface area contributed by atoms with E-state index in [0.717, 1.165) is 25.1 Å². The largest absolute Gasteiger partial charge is 0.316 e. The van der Waals surface area contributed by atoms with Crippen LogP contribution in [0.15, 0.2) is 18.2 Å². The fourth-order valence-electron chi connectivity index (χ4n) is 2.20. The van der Waals surface area contributed by atoms with E-state index in [1.54, 1.807) is 12.1 Å². The molecule has 0 spiro atoms. The topological polar surface area (TPSA) is 12.0 Å². The Morgan fingerprint density at radius 2 is 1.85 bits per heavy atom. The minimum Gasteiger partial charge on any atom is -0.316 e. The predicted octanol–water partition coefficient (Wildman–Crippen LogP) is 4.93. The molecule has 0 amide bonds. The molecule has 0 heterocycles. The van der Waals surface area contributed by atoms with Crippen molar-refractivity contribution in [2.75, 3.05) is 13.1 Å². The van der Waals surface area contributed by atoms with Gasteiger partial charge >= 0.3 is 0 Å². The number of halogens is 2. The van der Waals surface area contributed by atoms with Gasteiger partial charge in [0.2, 0.25) is 0 Å². The third-order valence-electron chi connectivity index (χ3n) is 3.64. The molecule has 0 aliphatic heterocycles. The maximum absolute atomic E-state index is 13.4. The van der Waals surface area contributed by atoms with Gasteiger partial charge in [0.25, 0.3) is 0 Å². The van der Waals surface area contributed by atoms with Crippen LogP contribution < -0.4 is 5.32 Å². The molecule has 1 aromatic carbocycles. The Bertz CT molecular complexity index is 423. The summed E-state index contributed by atoms with van der Waals surface area (Å²) in [6.07, 6.45) is 0.797. The van der Waals surface area contributed by atoms with Crippen LogP contribution >= 0.6 is 11.6 Å². The Morgan fingerprint density at radius 3 is 2.40 bits per heavy atom. The molecule has 1 atom stereocenters. The van der Waals surface area contributed by atoms with E-state index in [2.05, 4.69) is 39.9 Å². The summed E-state index contributed by atoms with van der Waals surface area (Å²) in [5, 5.41) is 4.17. The van der Waals surface area contributed by atoms with E-state index in [4.69, 9.17) is 11.6 Å². The molecule has 3 heteroatoms. The normalized spacial score (nSPS) is 13.8. The molecule has 1 rings (SSSR count). The van der Waals surface area contributed by atoms with Gasteiger partial charge in [0.15, 0.2) is 0 Å². The molecule has 0 aliphatic rings. The van der Waals surface area contributed by atoms with E-state index in [1.807, 2.05) is 0 Å². The van der Waals surface area contributed by atoms with Crippen molar-refractivity contribution < 1.29 is 4.39 Å². The maximum atomic E-state index is 13.4. The highest BCUT2D eigenvalue weighted by Gasteiger charge is 2.25. The second kappa shape index (κ2) is 7.42. The molecule has 0 fully saturated rings. The lowest BCUT2D eigenvalue weighted by Crippen LogP contribution is -2.35. The molecule has 1 N–H and O–H groups in total. The summed E-state index contributed by atoms with van der Waals surface area (Å²) in [4.78, 5) is 0. The standard InChI is InChI=1S/C17H27ClFN/c1-12(2)10-20-11-14(17(3,4)5)8-13-9-15(19)6-7-16(13)18/h6-7,9,12,14,20H,8,10-11H2,1-5H3. The Balaban J connectivity index is 2.76. The molecule has 0 saturated heterocycles. The molecule has 0 bridgehead atoms. The highest BCUT2D eigenvalue weighted by atomic mass is 35.5. The van der Waals surface area contributed by atoms with E-state index < -0.39 is 0 Å². The van der Waals surface area contributed by atoms with Crippen molar-refractivity contribution in [3.63, 3.8) is 0 Å². The lowest BCUT2D eigenvalue weighted by molar-refractivity contribution is 0.228. The van der Waals surface area contributed by atoms with Gasteiger partial charge in [-0.2, -0.15) is 0 Å². The first kappa shape index (κ1) is 17.5. The first-order valence-corrected chi connectivity index (χ1v) is 7.72. The van der Waals surface area contributed by atoms with Gasteiger partial charge in [-0.25, -0.2) is 4.39 Å². The molecule has 1 unspecified atom stereocenters. The number of rotatable bonds is 6. The lowest BCUT2D eigenvalue weighted by atomic mass is 9.77. The Hall–Kier alpha value is -0.600. The van der Waals surface area contributed by atoms with Crippen molar-refractivity contribution in [2.45, 2.75) is 41.0 Å². The lowest BCUT2D eigenvalue weighted by Gasteiger charge is -2.31. The molecule has 114 valence electrons. The van der Waals surface area contributed by atoms with E-state index >= 15 is 0 Å². The van der Waals surface area contributed by atoms with Gasteiger partial charge in [-0.15, -0.1) is 0 Å². The monoisotopic (exact) mass is 299 g/mol. The third-order valence-corrected chi connectivity index (χ3v) is 4.01. The highest BCUT2D eigenvalue weighted by molar-refractivity contribution is 6.31. The van der Waals surface area contributed by atoms with Crippen LogP contribution in [0.2, 0.25) is 5.02 Å². The van der Waals surface area contributed by atoms with Crippen molar-refractivity contribution in [3.8, 4) is 0 Å². The summed E-state index contributed by atoms with van der Waals surface area (Å²) < 4.78 is 13.4. The number of hydrogen-bond acceptors (Lipinski definition) is 1. The summed E-state index contributed by atoms with van der Waals surface area (Å²) in [5.41, 5.74) is 1.05. The molecular formula is C17H27ClFN. The first-order valence-electron chi connectivity index (χ1n) is 7.34. The van der Waals surface area contributed by atoms with Gasteiger partial charge in [-0.05, 0) is 60.5 Å². The molecule has 0 aromatic heterocycles. The Kier molecular flexibility index (Phi) is 6.47. The summed E-state index contributed by atoms with van der Waals surface area (Å²) in [6.45, 7) is 13.0. The van der Waals surface area contributed by atoms with Crippen molar-refractivity contribution >= 4 is 11.6 Å². The van der Waals surface area contributed by atoms with E-state index in [0.29, 0.717) is 16.9 Å². The van der Waals surface area contributed by atoms with E-state index in [-0.39, 0.29) is 11.2 Å². The van der Waals surface area contributed by atoms with Gasteiger partial charge < -0.3 is 5.32 Å². The van der Waals surface area contributed by atoms with Crippen molar-refractivity contribution in [1.82, 2.24) is 5.32 Å².